The minimum atomic E-state index is -0.597. The van der Waals surface area contributed by atoms with Gasteiger partial charge in [0.05, 0.1) is 11.3 Å². The van der Waals surface area contributed by atoms with Crippen LogP contribution >= 0.6 is 15.9 Å². The lowest BCUT2D eigenvalue weighted by Crippen LogP contribution is -2.24. The molecule has 0 saturated heterocycles. The quantitative estimate of drug-likeness (QED) is 0.793. The van der Waals surface area contributed by atoms with Crippen molar-refractivity contribution >= 4 is 33.4 Å². The molecule has 0 bridgehead atoms. The van der Waals surface area contributed by atoms with Crippen molar-refractivity contribution in [3.8, 4) is 5.75 Å². The third-order valence-corrected chi connectivity index (χ3v) is 4.07. The number of primary amides is 1. The number of carbonyl (C=O) groups excluding carboxylic acids is 2. The van der Waals surface area contributed by atoms with Crippen LogP contribution in [0.15, 0.2) is 46.9 Å². The molecule has 0 aliphatic heterocycles. The first-order valence-electron chi connectivity index (χ1n) is 7.80. The summed E-state index contributed by atoms with van der Waals surface area (Å²) in [5.41, 5.74) is 6.80. The number of carbonyl (C=O) groups is 2. The van der Waals surface area contributed by atoms with E-state index in [9.17, 15) is 9.59 Å². The molecule has 3 N–H and O–H groups in total. The third kappa shape index (κ3) is 5.06. The number of hydrogen-bond donors (Lipinski definition) is 2. The van der Waals surface area contributed by atoms with Crippen LogP contribution in [0.2, 0.25) is 0 Å². The van der Waals surface area contributed by atoms with Gasteiger partial charge in [0.25, 0.3) is 11.8 Å². The molecule has 0 spiro atoms. The van der Waals surface area contributed by atoms with Gasteiger partial charge in [0.2, 0.25) is 0 Å². The number of nitrogens with one attached hydrogen (secondary N) is 1. The maximum Gasteiger partial charge on any atom is 0.262 e. The molecule has 0 radical (unpaired) electrons. The van der Waals surface area contributed by atoms with Crippen LogP contribution in [0, 0.1) is 0 Å². The van der Waals surface area contributed by atoms with E-state index in [2.05, 4.69) is 42.0 Å². The number of hydrogen-bond acceptors (Lipinski definition) is 3. The lowest BCUT2D eigenvalue weighted by molar-refractivity contribution is -0.118. The molecule has 2 aromatic rings. The minimum absolute atomic E-state index is 0.131. The summed E-state index contributed by atoms with van der Waals surface area (Å²) in [7, 11) is 0. The molecule has 132 valence electrons. The van der Waals surface area contributed by atoms with Crippen molar-refractivity contribution in [3.05, 3.63) is 58.1 Å². The van der Waals surface area contributed by atoms with E-state index in [1.807, 2.05) is 18.2 Å². The van der Waals surface area contributed by atoms with Crippen LogP contribution < -0.4 is 15.8 Å². The number of para-hydroxylation sites is 1. The second-order valence-corrected chi connectivity index (χ2v) is 7.55. The maximum absolute atomic E-state index is 12.2. The molecule has 0 aromatic heterocycles. The zero-order valence-electron chi connectivity index (χ0n) is 14.4. The number of nitrogens with two attached hydrogens (primary N) is 1. The van der Waals surface area contributed by atoms with Gasteiger partial charge in [0.15, 0.2) is 6.61 Å². The van der Waals surface area contributed by atoms with Crippen molar-refractivity contribution < 1.29 is 14.3 Å². The predicted octanol–water partition coefficient (Wildman–Crippen LogP) is 3.86. The summed E-state index contributed by atoms with van der Waals surface area (Å²) in [6, 6.07) is 12.3. The Kier molecular flexibility index (Phi) is 5.85. The number of halogens is 1. The predicted molar refractivity (Wildman–Crippen MR) is 102 cm³/mol. The van der Waals surface area contributed by atoms with E-state index in [4.69, 9.17) is 10.5 Å². The molecule has 25 heavy (non-hydrogen) atoms. The zero-order chi connectivity index (χ0) is 18.6. The summed E-state index contributed by atoms with van der Waals surface area (Å²) in [6.07, 6.45) is 0. The molecule has 2 amide bonds. The molecule has 0 fully saturated rings. The van der Waals surface area contributed by atoms with E-state index in [0.717, 1.165) is 10.0 Å². The first-order valence-corrected chi connectivity index (χ1v) is 8.59. The standard InChI is InChI=1S/C19H21BrN2O3/c1-19(2,3)14-10-12(20)8-9-16(14)25-11-17(23)22-15-7-5-4-6-13(15)18(21)24/h4-10H,11H2,1-3H3,(H2,21,24)(H,22,23). The summed E-state index contributed by atoms with van der Waals surface area (Å²) in [4.78, 5) is 23.6. The summed E-state index contributed by atoms with van der Waals surface area (Å²) in [6.45, 7) is 6.05. The monoisotopic (exact) mass is 404 g/mol. The van der Waals surface area contributed by atoms with Crippen molar-refractivity contribution in [2.75, 3.05) is 11.9 Å². The van der Waals surface area contributed by atoms with Crippen LogP contribution in [0.3, 0.4) is 0 Å². The van der Waals surface area contributed by atoms with Gasteiger partial charge < -0.3 is 15.8 Å². The summed E-state index contributed by atoms with van der Waals surface area (Å²) < 4.78 is 6.65. The number of ether oxygens (including phenoxy) is 1. The van der Waals surface area contributed by atoms with Gasteiger partial charge in [-0.15, -0.1) is 0 Å². The fraction of sp³-hybridized carbons (Fsp3) is 0.263. The summed E-state index contributed by atoms with van der Waals surface area (Å²) in [5.74, 6) is -0.315. The highest BCUT2D eigenvalue weighted by Crippen LogP contribution is 2.33. The highest BCUT2D eigenvalue weighted by Gasteiger charge is 2.20. The SMILES string of the molecule is CC(C)(C)c1cc(Br)ccc1OCC(=O)Nc1ccccc1C(N)=O. The molecule has 0 atom stereocenters. The normalized spacial score (nSPS) is 11.0. The van der Waals surface area contributed by atoms with E-state index in [-0.39, 0.29) is 23.5 Å². The van der Waals surface area contributed by atoms with E-state index in [1.54, 1.807) is 24.3 Å². The summed E-state index contributed by atoms with van der Waals surface area (Å²) in [5, 5.41) is 2.66. The zero-order valence-corrected chi connectivity index (χ0v) is 16.0. The molecule has 0 heterocycles. The molecular formula is C19H21BrN2O3. The van der Waals surface area contributed by atoms with Crippen LogP contribution in [0.4, 0.5) is 5.69 Å². The van der Waals surface area contributed by atoms with E-state index < -0.39 is 5.91 Å². The first-order chi connectivity index (χ1) is 11.7. The lowest BCUT2D eigenvalue weighted by Gasteiger charge is -2.23. The Morgan fingerprint density at radius 2 is 1.84 bits per heavy atom. The van der Waals surface area contributed by atoms with Crippen LogP contribution in [0.25, 0.3) is 0 Å². The third-order valence-electron chi connectivity index (χ3n) is 3.58. The van der Waals surface area contributed by atoms with Gasteiger partial charge in [-0.25, -0.2) is 0 Å². The van der Waals surface area contributed by atoms with Crippen molar-refractivity contribution in [2.24, 2.45) is 5.73 Å². The largest absolute Gasteiger partial charge is 0.483 e. The van der Waals surface area contributed by atoms with Crippen molar-refractivity contribution in [3.63, 3.8) is 0 Å². The minimum Gasteiger partial charge on any atom is -0.483 e. The Labute approximate surface area is 155 Å². The van der Waals surface area contributed by atoms with Gasteiger partial charge >= 0.3 is 0 Å². The molecule has 2 rings (SSSR count). The van der Waals surface area contributed by atoms with Crippen LogP contribution in [-0.2, 0) is 10.2 Å². The van der Waals surface area contributed by atoms with Crippen LogP contribution in [0.1, 0.15) is 36.7 Å². The average Bonchev–Trinajstić information content (AvgIpc) is 2.53. The van der Waals surface area contributed by atoms with Gasteiger partial charge in [0.1, 0.15) is 5.75 Å². The van der Waals surface area contributed by atoms with Crippen molar-refractivity contribution in [2.45, 2.75) is 26.2 Å². The molecule has 0 saturated carbocycles. The number of anilines is 1. The van der Waals surface area contributed by atoms with E-state index >= 15 is 0 Å². The first kappa shape index (κ1) is 19.0. The highest BCUT2D eigenvalue weighted by atomic mass is 79.9. The Balaban J connectivity index is 2.10. The molecule has 6 heteroatoms. The van der Waals surface area contributed by atoms with Gasteiger partial charge in [-0.2, -0.15) is 0 Å². The number of amides is 2. The summed E-state index contributed by atoms with van der Waals surface area (Å²) >= 11 is 3.46. The second kappa shape index (κ2) is 7.70. The number of benzene rings is 2. The van der Waals surface area contributed by atoms with Crippen LogP contribution in [0.5, 0.6) is 5.75 Å². The van der Waals surface area contributed by atoms with Gasteiger partial charge in [-0.05, 0) is 35.7 Å². The maximum atomic E-state index is 12.2. The lowest BCUT2D eigenvalue weighted by atomic mass is 9.86. The van der Waals surface area contributed by atoms with Gasteiger partial charge in [0, 0.05) is 10.0 Å². The Bertz CT molecular complexity index is 797. The fourth-order valence-electron chi connectivity index (χ4n) is 2.35. The fourth-order valence-corrected chi connectivity index (χ4v) is 2.71. The average molecular weight is 405 g/mol. The molecule has 2 aromatic carbocycles. The van der Waals surface area contributed by atoms with Gasteiger partial charge in [-0.3, -0.25) is 9.59 Å². The Morgan fingerprint density at radius 1 is 1.16 bits per heavy atom. The Hall–Kier alpha value is -2.34. The van der Waals surface area contributed by atoms with Crippen molar-refractivity contribution in [1.82, 2.24) is 0 Å². The van der Waals surface area contributed by atoms with E-state index in [1.165, 1.54) is 0 Å². The molecule has 5 nitrogen and oxygen atoms in total. The molecule has 0 unspecified atom stereocenters. The van der Waals surface area contributed by atoms with Crippen molar-refractivity contribution in [1.29, 1.82) is 0 Å². The van der Waals surface area contributed by atoms with Gasteiger partial charge in [-0.1, -0.05) is 48.8 Å². The highest BCUT2D eigenvalue weighted by molar-refractivity contribution is 9.10. The second-order valence-electron chi connectivity index (χ2n) is 6.64. The van der Waals surface area contributed by atoms with Crippen LogP contribution in [-0.4, -0.2) is 18.4 Å². The molecule has 0 aliphatic rings. The number of rotatable bonds is 5. The molecular weight excluding hydrogens is 384 g/mol. The smallest absolute Gasteiger partial charge is 0.262 e. The topological polar surface area (TPSA) is 81.4 Å². The molecule has 0 aliphatic carbocycles. The van der Waals surface area contributed by atoms with E-state index in [0.29, 0.717) is 11.4 Å². The Morgan fingerprint density at radius 3 is 2.48 bits per heavy atom.